The predicted molar refractivity (Wildman–Crippen MR) is 89.1 cm³/mol. The Labute approximate surface area is 140 Å². The standard InChI is InChI=1S/C17H17NO5S/c1-18(24(21,22)16-5-3-2-4-6-16)13-9-12(17(19)20)10-15(11-13)23-14-7-8-14/h2-6,9-11,14H,7-8H2,1H3,(H,19,20). The van der Waals surface area contributed by atoms with Gasteiger partial charge in [0.05, 0.1) is 22.3 Å². The van der Waals surface area contributed by atoms with Crippen LogP contribution in [0.15, 0.2) is 53.4 Å². The Balaban J connectivity index is 2.00. The largest absolute Gasteiger partial charge is 0.490 e. The van der Waals surface area contributed by atoms with E-state index in [0.717, 1.165) is 17.1 Å². The second kappa shape index (κ2) is 6.16. The van der Waals surface area contributed by atoms with Gasteiger partial charge in [0.1, 0.15) is 5.75 Å². The summed E-state index contributed by atoms with van der Waals surface area (Å²) in [6, 6.07) is 12.3. The highest BCUT2D eigenvalue weighted by Gasteiger charge is 2.26. The second-order valence-electron chi connectivity index (χ2n) is 5.62. The number of carboxylic acid groups (broad SMARTS) is 1. The molecular formula is C17H17NO5S. The fourth-order valence-electron chi connectivity index (χ4n) is 2.22. The lowest BCUT2D eigenvalue weighted by Gasteiger charge is -2.21. The zero-order valence-corrected chi connectivity index (χ0v) is 13.9. The van der Waals surface area contributed by atoms with Gasteiger partial charge in [-0.1, -0.05) is 18.2 Å². The van der Waals surface area contributed by atoms with Gasteiger partial charge in [-0.3, -0.25) is 4.31 Å². The molecule has 0 atom stereocenters. The zero-order valence-electron chi connectivity index (χ0n) is 13.0. The van der Waals surface area contributed by atoms with Gasteiger partial charge < -0.3 is 9.84 Å². The molecule has 1 saturated carbocycles. The Morgan fingerprint density at radius 1 is 1.17 bits per heavy atom. The first-order chi connectivity index (χ1) is 11.4. The van der Waals surface area contributed by atoms with Gasteiger partial charge in [-0.05, 0) is 37.1 Å². The van der Waals surface area contributed by atoms with E-state index in [9.17, 15) is 18.3 Å². The molecule has 1 aliphatic carbocycles. The van der Waals surface area contributed by atoms with Crippen LogP contribution in [0.2, 0.25) is 0 Å². The summed E-state index contributed by atoms with van der Waals surface area (Å²) < 4.78 is 32.1. The fourth-order valence-corrected chi connectivity index (χ4v) is 3.42. The van der Waals surface area contributed by atoms with Crippen molar-refractivity contribution in [3.05, 3.63) is 54.1 Å². The molecule has 1 fully saturated rings. The number of sulfonamides is 1. The quantitative estimate of drug-likeness (QED) is 0.868. The van der Waals surface area contributed by atoms with Crippen molar-refractivity contribution in [3.8, 4) is 5.75 Å². The lowest BCUT2D eigenvalue weighted by Crippen LogP contribution is -2.26. The number of nitrogens with zero attached hydrogens (tertiary/aromatic N) is 1. The van der Waals surface area contributed by atoms with Gasteiger partial charge in [-0.2, -0.15) is 0 Å². The van der Waals surface area contributed by atoms with Crippen molar-refractivity contribution in [3.63, 3.8) is 0 Å². The van der Waals surface area contributed by atoms with E-state index in [4.69, 9.17) is 4.74 Å². The van der Waals surface area contributed by atoms with Crippen molar-refractivity contribution in [1.82, 2.24) is 0 Å². The van der Waals surface area contributed by atoms with Crippen LogP contribution in [0.3, 0.4) is 0 Å². The normalized spacial score (nSPS) is 14.2. The molecule has 0 unspecified atom stereocenters. The number of carbonyl (C=O) groups is 1. The van der Waals surface area contributed by atoms with Crippen molar-refractivity contribution in [1.29, 1.82) is 0 Å². The van der Waals surface area contributed by atoms with Crippen LogP contribution in [0.1, 0.15) is 23.2 Å². The van der Waals surface area contributed by atoms with Crippen molar-refractivity contribution in [2.24, 2.45) is 0 Å². The number of ether oxygens (including phenoxy) is 1. The Bertz CT molecular complexity index is 860. The number of hydrogen-bond acceptors (Lipinski definition) is 4. The lowest BCUT2D eigenvalue weighted by molar-refractivity contribution is 0.0696. The summed E-state index contributed by atoms with van der Waals surface area (Å²) in [5.74, 6) is -0.773. The molecule has 0 aliphatic heterocycles. The third-order valence-electron chi connectivity index (χ3n) is 3.73. The maximum absolute atomic E-state index is 12.7. The first-order valence-electron chi connectivity index (χ1n) is 7.47. The summed E-state index contributed by atoms with van der Waals surface area (Å²) in [6.07, 6.45) is 1.92. The first kappa shape index (κ1) is 16.3. The highest BCUT2D eigenvalue weighted by atomic mass is 32.2. The minimum absolute atomic E-state index is 0.0155. The number of rotatable bonds is 6. The monoisotopic (exact) mass is 347 g/mol. The van der Waals surface area contributed by atoms with Crippen LogP contribution in [0.25, 0.3) is 0 Å². The molecule has 0 spiro atoms. The summed E-state index contributed by atoms with van der Waals surface area (Å²) in [5, 5.41) is 9.26. The topological polar surface area (TPSA) is 83.9 Å². The van der Waals surface area contributed by atoms with Crippen molar-refractivity contribution >= 4 is 21.7 Å². The summed E-state index contributed by atoms with van der Waals surface area (Å²) in [5.41, 5.74) is 0.229. The van der Waals surface area contributed by atoms with Crippen molar-refractivity contribution in [2.45, 2.75) is 23.8 Å². The smallest absolute Gasteiger partial charge is 0.335 e. The third-order valence-corrected chi connectivity index (χ3v) is 5.53. The minimum Gasteiger partial charge on any atom is -0.490 e. The number of hydrogen-bond donors (Lipinski definition) is 1. The maximum Gasteiger partial charge on any atom is 0.335 e. The molecule has 0 bridgehead atoms. The van der Waals surface area contributed by atoms with E-state index in [1.165, 1.54) is 31.3 Å². The summed E-state index contributed by atoms with van der Waals surface area (Å²) in [7, 11) is -2.39. The van der Waals surface area contributed by atoms with Crippen LogP contribution >= 0.6 is 0 Å². The Hall–Kier alpha value is -2.54. The van der Waals surface area contributed by atoms with E-state index in [2.05, 4.69) is 0 Å². The molecule has 0 radical (unpaired) electrons. The number of anilines is 1. The van der Waals surface area contributed by atoms with Crippen molar-refractivity contribution < 1.29 is 23.1 Å². The van der Waals surface area contributed by atoms with Gasteiger partial charge in [0.2, 0.25) is 0 Å². The number of carboxylic acids is 1. The van der Waals surface area contributed by atoms with E-state index in [1.807, 2.05) is 0 Å². The van der Waals surface area contributed by atoms with Gasteiger partial charge in [0.25, 0.3) is 10.0 Å². The molecule has 2 aromatic rings. The average Bonchev–Trinajstić information content (AvgIpc) is 3.38. The van der Waals surface area contributed by atoms with E-state index >= 15 is 0 Å². The van der Waals surface area contributed by atoms with Gasteiger partial charge in [0.15, 0.2) is 0 Å². The molecule has 0 aromatic heterocycles. The van der Waals surface area contributed by atoms with Crippen molar-refractivity contribution in [2.75, 3.05) is 11.4 Å². The Kier molecular flexibility index (Phi) is 4.19. The summed E-state index contributed by atoms with van der Waals surface area (Å²) in [4.78, 5) is 11.5. The second-order valence-corrected chi connectivity index (χ2v) is 7.59. The predicted octanol–water partition coefficient (Wildman–Crippen LogP) is 2.75. The van der Waals surface area contributed by atoms with E-state index in [-0.39, 0.29) is 22.3 Å². The molecular weight excluding hydrogens is 330 g/mol. The van der Waals surface area contributed by atoms with Crippen LogP contribution in [-0.4, -0.2) is 32.6 Å². The van der Waals surface area contributed by atoms with Gasteiger partial charge in [-0.25, -0.2) is 13.2 Å². The molecule has 126 valence electrons. The summed E-state index contributed by atoms with van der Waals surface area (Å²) in [6.45, 7) is 0. The molecule has 24 heavy (non-hydrogen) atoms. The van der Waals surface area contributed by atoms with Gasteiger partial charge in [0, 0.05) is 13.1 Å². The molecule has 3 rings (SSSR count). The Morgan fingerprint density at radius 3 is 2.42 bits per heavy atom. The van der Waals surface area contributed by atoms with E-state index in [1.54, 1.807) is 24.3 Å². The zero-order chi connectivity index (χ0) is 17.3. The molecule has 7 heteroatoms. The molecule has 0 heterocycles. The SMILES string of the molecule is CN(c1cc(OC2CC2)cc(C(=O)O)c1)S(=O)(=O)c1ccccc1. The molecule has 1 aliphatic rings. The molecule has 2 aromatic carbocycles. The van der Waals surface area contributed by atoms with Crippen LogP contribution in [-0.2, 0) is 10.0 Å². The van der Waals surface area contributed by atoms with E-state index < -0.39 is 16.0 Å². The molecule has 6 nitrogen and oxygen atoms in total. The minimum atomic E-state index is -3.78. The fraction of sp³-hybridized carbons (Fsp3) is 0.235. The molecule has 0 saturated heterocycles. The first-order valence-corrected chi connectivity index (χ1v) is 8.91. The molecule has 0 amide bonds. The summed E-state index contributed by atoms with van der Waals surface area (Å²) >= 11 is 0. The van der Waals surface area contributed by atoms with Gasteiger partial charge >= 0.3 is 5.97 Å². The maximum atomic E-state index is 12.7. The van der Waals surface area contributed by atoms with Crippen LogP contribution < -0.4 is 9.04 Å². The average molecular weight is 347 g/mol. The van der Waals surface area contributed by atoms with E-state index in [0.29, 0.717) is 5.75 Å². The lowest BCUT2D eigenvalue weighted by atomic mass is 10.2. The molecule has 1 N–H and O–H groups in total. The Morgan fingerprint density at radius 2 is 1.83 bits per heavy atom. The highest BCUT2D eigenvalue weighted by molar-refractivity contribution is 7.92. The van der Waals surface area contributed by atoms with Crippen LogP contribution in [0, 0.1) is 0 Å². The van der Waals surface area contributed by atoms with Crippen LogP contribution in [0.4, 0.5) is 5.69 Å². The van der Waals surface area contributed by atoms with Gasteiger partial charge in [-0.15, -0.1) is 0 Å². The number of benzene rings is 2. The third kappa shape index (κ3) is 3.35. The highest BCUT2D eigenvalue weighted by Crippen LogP contribution is 2.32. The van der Waals surface area contributed by atoms with Crippen LogP contribution in [0.5, 0.6) is 5.75 Å². The number of aromatic carboxylic acids is 1.